The van der Waals surface area contributed by atoms with Crippen molar-refractivity contribution in [3.05, 3.63) is 58.1 Å². The van der Waals surface area contributed by atoms with E-state index in [9.17, 15) is 4.39 Å². The molecule has 0 amide bonds. The van der Waals surface area contributed by atoms with Crippen molar-refractivity contribution in [2.45, 2.75) is 26.4 Å². The molecule has 1 aromatic heterocycles. The summed E-state index contributed by atoms with van der Waals surface area (Å²) < 4.78 is 20.0. The van der Waals surface area contributed by atoms with Gasteiger partial charge in [-0.05, 0) is 56.1 Å². The van der Waals surface area contributed by atoms with Crippen LogP contribution in [0.15, 0.2) is 30.6 Å². The van der Waals surface area contributed by atoms with Crippen molar-refractivity contribution in [2.24, 2.45) is 5.92 Å². The SMILES string of the molecule is Cc1cc(Cl)cc(C)c1O[C@H](c1cncc(F)c1)[C@@H]1CCNC1. The summed E-state index contributed by atoms with van der Waals surface area (Å²) >= 11 is 6.10. The van der Waals surface area contributed by atoms with Gasteiger partial charge in [0.1, 0.15) is 17.7 Å². The van der Waals surface area contributed by atoms with E-state index in [1.807, 2.05) is 26.0 Å². The monoisotopic (exact) mass is 334 g/mol. The summed E-state index contributed by atoms with van der Waals surface area (Å²) in [5, 5.41) is 4.04. The molecule has 3 nitrogen and oxygen atoms in total. The molecule has 0 bridgehead atoms. The molecular weight excluding hydrogens is 315 g/mol. The van der Waals surface area contributed by atoms with Gasteiger partial charge in [0.2, 0.25) is 0 Å². The van der Waals surface area contributed by atoms with Crippen molar-refractivity contribution < 1.29 is 9.13 Å². The van der Waals surface area contributed by atoms with Gasteiger partial charge in [0.25, 0.3) is 0 Å². The van der Waals surface area contributed by atoms with Crippen LogP contribution in [0.4, 0.5) is 4.39 Å². The number of ether oxygens (including phenoxy) is 1. The first-order valence-corrected chi connectivity index (χ1v) is 8.17. The second kappa shape index (κ2) is 6.85. The molecule has 0 spiro atoms. The zero-order valence-electron chi connectivity index (χ0n) is 13.3. The fourth-order valence-corrected chi connectivity index (χ4v) is 3.49. The fourth-order valence-electron chi connectivity index (χ4n) is 3.17. The molecule has 23 heavy (non-hydrogen) atoms. The van der Waals surface area contributed by atoms with Crippen LogP contribution in [0.2, 0.25) is 5.02 Å². The number of rotatable bonds is 4. The van der Waals surface area contributed by atoms with Crippen LogP contribution in [0.1, 0.15) is 29.2 Å². The number of benzene rings is 1. The van der Waals surface area contributed by atoms with Gasteiger partial charge in [-0.15, -0.1) is 0 Å². The Morgan fingerprint density at radius 1 is 1.26 bits per heavy atom. The number of aryl methyl sites for hydroxylation is 2. The van der Waals surface area contributed by atoms with E-state index in [0.717, 1.165) is 42.0 Å². The van der Waals surface area contributed by atoms with E-state index in [1.165, 1.54) is 12.3 Å². The predicted octanol–water partition coefficient (Wildman–Crippen LogP) is 4.22. The molecule has 2 atom stereocenters. The van der Waals surface area contributed by atoms with Crippen LogP contribution >= 0.6 is 11.6 Å². The summed E-state index contributed by atoms with van der Waals surface area (Å²) in [5.41, 5.74) is 2.73. The quantitative estimate of drug-likeness (QED) is 0.909. The van der Waals surface area contributed by atoms with Gasteiger partial charge in [-0.25, -0.2) is 4.39 Å². The topological polar surface area (TPSA) is 34.1 Å². The third-order valence-corrected chi connectivity index (χ3v) is 4.47. The lowest BCUT2D eigenvalue weighted by Crippen LogP contribution is -2.22. The highest BCUT2D eigenvalue weighted by molar-refractivity contribution is 6.30. The van der Waals surface area contributed by atoms with Gasteiger partial charge in [-0.1, -0.05) is 11.6 Å². The van der Waals surface area contributed by atoms with E-state index < -0.39 is 0 Å². The van der Waals surface area contributed by atoms with Gasteiger partial charge in [0.05, 0.1) is 6.20 Å². The number of aromatic nitrogens is 1. The van der Waals surface area contributed by atoms with Crippen LogP contribution in [0, 0.1) is 25.6 Å². The molecule has 2 aromatic rings. The molecule has 0 radical (unpaired) electrons. The lowest BCUT2D eigenvalue weighted by molar-refractivity contribution is 0.141. The Kier molecular flexibility index (Phi) is 4.83. The Morgan fingerprint density at radius 3 is 2.61 bits per heavy atom. The largest absolute Gasteiger partial charge is 0.485 e. The maximum Gasteiger partial charge on any atom is 0.141 e. The Hall–Kier alpha value is -1.65. The smallest absolute Gasteiger partial charge is 0.141 e. The molecule has 1 fully saturated rings. The van der Waals surface area contributed by atoms with E-state index in [-0.39, 0.29) is 17.8 Å². The van der Waals surface area contributed by atoms with Crippen molar-refractivity contribution in [1.82, 2.24) is 10.3 Å². The van der Waals surface area contributed by atoms with Crippen molar-refractivity contribution in [3.8, 4) is 5.75 Å². The van der Waals surface area contributed by atoms with Crippen LogP contribution in [-0.2, 0) is 0 Å². The summed E-state index contributed by atoms with van der Waals surface area (Å²) in [6.45, 7) is 5.75. The predicted molar refractivity (Wildman–Crippen MR) is 89.5 cm³/mol. The molecule has 1 aromatic carbocycles. The number of nitrogens with one attached hydrogen (secondary N) is 1. The zero-order valence-corrected chi connectivity index (χ0v) is 14.0. The Labute approximate surface area is 140 Å². The highest BCUT2D eigenvalue weighted by Crippen LogP contribution is 2.36. The molecule has 2 heterocycles. The van der Waals surface area contributed by atoms with Crippen LogP contribution in [0.3, 0.4) is 0 Å². The Bertz CT molecular complexity index is 678. The number of hydrogen-bond donors (Lipinski definition) is 1. The average Bonchev–Trinajstić information content (AvgIpc) is 3.00. The summed E-state index contributed by atoms with van der Waals surface area (Å²) in [4.78, 5) is 3.98. The molecule has 122 valence electrons. The first-order valence-electron chi connectivity index (χ1n) is 7.79. The third kappa shape index (κ3) is 3.65. The third-order valence-electron chi connectivity index (χ3n) is 4.25. The summed E-state index contributed by atoms with van der Waals surface area (Å²) in [5.74, 6) is 0.759. The van der Waals surface area contributed by atoms with E-state index >= 15 is 0 Å². The number of pyridine rings is 1. The Morgan fingerprint density at radius 2 is 2.00 bits per heavy atom. The summed E-state index contributed by atoms with van der Waals surface area (Å²) in [6, 6.07) is 5.28. The molecule has 1 N–H and O–H groups in total. The minimum Gasteiger partial charge on any atom is -0.485 e. The first-order chi connectivity index (χ1) is 11.0. The highest BCUT2D eigenvalue weighted by Gasteiger charge is 2.29. The number of hydrogen-bond acceptors (Lipinski definition) is 3. The van der Waals surface area contributed by atoms with Crippen LogP contribution in [-0.4, -0.2) is 18.1 Å². The first kappa shape index (κ1) is 16.2. The molecule has 0 unspecified atom stereocenters. The Balaban J connectivity index is 1.96. The van der Waals surface area contributed by atoms with E-state index in [2.05, 4.69) is 10.3 Å². The standard InChI is InChI=1S/C18H20ClFN2O/c1-11-5-15(19)6-12(2)17(11)23-18(13-3-4-21-8-13)14-7-16(20)10-22-9-14/h5-7,9-10,13,18,21H,3-4,8H2,1-2H3/t13-,18+/m1/s1. The molecular formula is C18H20ClFN2O. The van der Waals surface area contributed by atoms with Gasteiger partial charge in [0.15, 0.2) is 0 Å². The van der Waals surface area contributed by atoms with Crippen LogP contribution in [0.25, 0.3) is 0 Å². The molecule has 1 aliphatic rings. The normalized spacial score (nSPS) is 18.9. The van der Waals surface area contributed by atoms with Crippen molar-refractivity contribution in [3.63, 3.8) is 0 Å². The summed E-state index contributed by atoms with van der Waals surface area (Å²) in [6.07, 6.45) is 3.66. The van der Waals surface area contributed by atoms with Crippen LogP contribution < -0.4 is 10.1 Å². The molecule has 3 rings (SSSR count). The molecule has 0 saturated carbocycles. The second-order valence-corrected chi connectivity index (χ2v) is 6.53. The molecule has 1 aliphatic heterocycles. The maximum absolute atomic E-state index is 13.6. The van der Waals surface area contributed by atoms with Crippen LogP contribution in [0.5, 0.6) is 5.75 Å². The molecule has 5 heteroatoms. The van der Waals surface area contributed by atoms with Gasteiger partial charge in [-0.2, -0.15) is 0 Å². The summed E-state index contributed by atoms with van der Waals surface area (Å²) in [7, 11) is 0. The maximum atomic E-state index is 13.6. The van der Waals surface area contributed by atoms with Crippen molar-refractivity contribution in [1.29, 1.82) is 0 Å². The zero-order chi connectivity index (χ0) is 16.4. The fraction of sp³-hybridized carbons (Fsp3) is 0.389. The van der Waals surface area contributed by atoms with Gasteiger partial charge >= 0.3 is 0 Å². The number of halogens is 2. The average molecular weight is 335 g/mol. The van der Waals surface area contributed by atoms with Crippen molar-refractivity contribution >= 4 is 11.6 Å². The number of nitrogens with zero attached hydrogens (tertiary/aromatic N) is 1. The van der Waals surface area contributed by atoms with E-state index in [1.54, 1.807) is 6.20 Å². The van der Waals surface area contributed by atoms with Gasteiger partial charge in [0, 0.05) is 29.2 Å². The molecule has 1 saturated heterocycles. The van der Waals surface area contributed by atoms with Gasteiger partial charge < -0.3 is 10.1 Å². The van der Waals surface area contributed by atoms with Crippen molar-refractivity contribution in [2.75, 3.05) is 13.1 Å². The minimum atomic E-state index is -0.341. The second-order valence-electron chi connectivity index (χ2n) is 6.10. The van der Waals surface area contributed by atoms with E-state index in [4.69, 9.17) is 16.3 Å². The lowest BCUT2D eigenvalue weighted by Gasteiger charge is -2.26. The molecule has 0 aliphatic carbocycles. The van der Waals surface area contributed by atoms with E-state index in [0.29, 0.717) is 5.02 Å². The lowest BCUT2D eigenvalue weighted by atomic mass is 9.95. The van der Waals surface area contributed by atoms with Gasteiger partial charge in [-0.3, -0.25) is 4.98 Å². The minimum absolute atomic E-state index is 0.230. The highest BCUT2D eigenvalue weighted by atomic mass is 35.5.